The third-order valence-corrected chi connectivity index (χ3v) is 5.45. The standard InChI is InChI=1S/C18H26FNO/c1-3-20-16(11-14-10-12-7-8-13(14)9-12)18-15(19)5-4-6-17(18)21-2/h4-6,12-14,16,20H,3,7-11H2,1-2H3. The molecule has 0 spiro atoms. The third kappa shape index (κ3) is 2.94. The normalized spacial score (nSPS) is 28.8. The Kier molecular flexibility index (Phi) is 4.48. The molecule has 4 unspecified atom stereocenters. The maximum atomic E-state index is 14.4. The number of methoxy groups -OCH3 is 1. The fraction of sp³-hybridized carbons (Fsp3) is 0.667. The summed E-state index contributed by atoms with van der Waals surface area (Å²) < 4.78 is 19.8. The molecule has 1 aromatic rings. The second-order valence-corrected chi connectivity index (χ2v) is 6.64. The van der Waals surface area contributed by atoms with Crippen LogP contribution in [0.5, 0.6) is 5.75 Å². The largest absolute Gasteiger partial charge is 0.496 e. The summed E-state index contributed by atoms with van der Waals surface area (Å²) in [5, 5.41) is 3.48. The van der Waals surface area contributed by atoms with Crippen LogP contribution >= 0.6 is 0 Å². The average Bonchev–Trinajstić information content (AvgIpc) is 3.09. The van der Waals surface area contributed by atoms with Crippen molar-refractivity contribution in [1.29, 1.82) is 0 Å². The maximum absolute atomic E-state index is 14.4. The highest BCUT2D eigenvalue weighted by Gasteiger charge is 2.40. The molecule has 0 amide bonds. The molecule has 116 valence electrons. The van der Waals surface area contributed by atoms with Crippen molar-refractivity contribution in [1.82, 2.24) is 5.32 Å². The zero-order chi connectivity index (χ0) is 14.8. The lowest BCUT2D eigenvalue weighted by atomic mass is 9.82. The molecule has 4 atom stereocenters. The summed E-state index contributed by atoms with van der Waals surface area (Å²) in [6.07, 6.45) is 6.56. The second kappa shape index (κ2) is 6.35. The van der Waals surface area contributed by atoms with Gasteiger partial charge < -0.3 is 10.1 Å². The highest BCUT2D eigenvalue weighted by Crippen LogP contribution is 2.51. The van der Waals surface area contributed by atoms with Crippen LogP contribution in [0.25, 0.3) is 0 Å². The minimum Gasteiger partial charge on any atom is -0.496 e. The number of hydrogen-bond donors (Lipinski definition) is 1. The zero-order valence-electron chi connectivity index (χ0n) is 13.1. The van der Waals surface area contributed by atoms with Gasteiger partial charge in [-0.2, -0.15) is 0 Å². The number of hydrogen-bond acceptors (Lipinski definition) is 2. The molecule has 3 heteroatoms. The number of nitrogens with one attached hydrogen (secondary N) is 1. The van der Waals surface area contributed by atoms with Gasteiger partial charge in [0.25, 0.3) is 0 Å². The van der Waals surface area contributed by atoms with Crippen LogP contribution in [0.1, 0.15) is 50.6 Å². The molecule has 2 bridgehead atoms. The first-order valence-electron chi connectivity index (χ1n) is 8.28. The number of ether oxygens (including phenoxy) is 1. The van der Waals surface area contributed by atoms with E-state index in [-0.39, 0.29) is 11.9 Å². The summed E-state index contributed by atoms with van der Waals surface area (Å²) in [5.41, 5.74) is 0.713. The molecule has 0 radical (unpaired) electrons. The topological polar surface area (TPSA) is 21.3 Å². The molecule has 1 aromatic carbocycles. The molecule has 1 N–H and O–H groups in total. The number of halogens is 1. The fourth-order valence-corrected chi connectivity index (χ4v) is 4.55. The lowest BCUT2D eigenvalue weighted by molar-refractivity contribution is 0.274. The average molecular weight is 291 g/mol. The lowest BCUT2D eigenvalue weighted by Crippen LogP contribution is -2.26. The molecule has 2 aliphatic rings. The van der Waals surface area contributed by atoms with Crippen molar-refractivity contribution in [2.75, 3.05) is 13.7 Å². The minimum atomic E-state index is -0.150. The smallest absolute Gasteiger partial charge is 0.131 e. The molecule has 3 rings (SSSR count). The van der Waals surface area contributed by atoms with Crippen LogP contribution in [0.4, 0.5) is 4.39 Å². The van der Waals surface area contributed by atoms with Gasteiger partial charge in [0.15, 0.2) is 0 Å². The van der Waals surface area contributed by atoms with Gasteiger partial charge in [0.05, 0.1) is 7.11 Å². The van der Waals surface area contributed by atoms with Crippen LogP contribution in [-0.2, 0) is 0 Å². The Morgan fingerprint density at radius 1 is 1.33 bits per heavy atom. The van der Waals surface area contributed by atoms with E-state index in [9.17, 15) is 4.39 Å². The second-order valence-electron chi connectivity index (χ2n) is 6.64. The highest BCUT2D eigenvalue weighted by atomic mass is 19.1. The Morgan fingerprint density at radius 3 is 2.81 bits per heavy atom. The van der Waals surface area contributed by atoms with E-state index in [2.05, 4.69) is 12.2 Å². The quantitative estimate of drug-likeness (QED) is 0.843. The van der Waals surface area contributed by atoms with E-state index in [0.717, 1.165) is 30.7 Å². The lowest BCUT2D eigenvalue weighted by Gasteiger charge is -2.28. The van der Waals surface area contributed by atoms with E-state index in [4.69, 9.17) is 4.74 Å². The van der Waals surface area contributed by atoms with Gasteiger partial charge in [0, 0.05) is 11.6 Å². The highest BCUT2D eigenvalue weighted by molar-refractivity contribution is 5.37. The summed E-state index contributed by atoms with van der Waals surface area (Å²) in [7, 11) is 1.62. The SMILES string of the molecule is CCNC(CC1CC2CCC1C2)c1c(F)cccc1OC. The van der Waals surface area contributed by atoms with E-state index < -0.39 is 0 Å². The van der Waals surface area contributed by atoms with Gasteiger partial charge >= 0.3 is 0 Å². The van der Waals surface area contributed by atoms with Gasteiger partial charge in [-0.3, -0.25) is 0 Å². The zero-order valence-corrected chi connectivity index (χ0v) is 13.1. The summed E-state index contributed by atoms with van der Waals surface area (Å²) in [4.78, 5) is 0. The monoisotopic (exact) mass is 291 g/mol. The molecule has 2 saturated carbocycles. The van der Waals surface area contributed by atoms with E-state index in [1.165, 1.54) is 25.7 Å². The first-order chi connectivity index (χ1) is 10.2. The van der Waals surface area contributed by atoms with Gasteiger partial charge in [-0.25, -0.2) is 4.39 Å². The van der Waals surface area contributed by atoms with Gasteiger partial charge in [-0.15, -0.1) is 0 Å². The van der Waals surface area contributed by atoms with Crippen LogP contribution in [0.2, 0.25) is 0 Å². The molecule has 0 aliphatic heterocycles. The molecule has 2 nitrogen and oxygen atoms in total. The fourth-order valence-electron chi connectivity index (χ4n) is 4.55. The Bertz CT molecular complexity index is 490. The molecule has 21 heavy (non-hydrogen) atoms. The van der Waals surface area contributed by atoms with Gasteiger partial charge in [-0.05, 0) is 62.1 Å². The predicted molar refractivity (Wildman–Crippen MR) is 82.9 cm³/mol. The van der Waals surface area contributed by atoms with E-state index in [1.807, 2.05) is 6.07 Å². The molecule has 2 aliphatic carbocycles. The summed E-state index contributed by atoms with van der Waals surface area (Å²) in [6, 6.07) is 5.19. The summed E-state index contributed by atoms with van der Waals surface area (Å²) in [5.74, 6) is 3.07. The van der Waals surface area contributed by atoms with Crippen LogP contribution in [-0.4, -0.2) is 13.7 Å². The minimum absolute atomic E-state index is 0.0653. The Morgan fingerprint density at radius 2 is 2.19 bits per heavy atom. The Hall–Kier alpha value is -1.09. The molecular formula is C18H26FNO. The van der Waals surface area contributed by atoms with Crippen LogP contribution in [0, 0.1) is 23.6 Å². The van der Waals surface area contributed by atoms with Crippen LogP contribution < -0.4 is 10.1 Å². The van der Waals surface area contributed by atoms with Gasteiger partial charge in [-0.1, -0.05) is 19.4 Å². The Labute approximate surface area is 127 Å². The van der Waals surface area contributed by atoms with E-state index >= 15 is 0 Å². The number of benzene rings is 1. The number of fused-ring (bicyclic) bond motifs is 2. The molecule has 0 heterocycles. The first-order valence-corrected chi connectivity index (χ1v) is 8.28. The molecule has 2 fully saturated rings. The predicted octanol–water partition coefficient (Wildman–Crippen LogP) is 4.31. The summed E-state index contributed by atoms with van der Waals surface area (Å²) in [6.45, 7) is 2.93. The number of rotatable bonds is 6. The van der Waals surface area contributed by atoms with Crippen LogP contribution in [0.15, 0.2) is 18.2 Å². The molecular weight excluding hydrogens is 265 g/mol. The third-order valence-electron chi connectivity index (χ3n) is 5.45. The van der Waals surface area contributed by atoms with Crippen molar-refractivity contribution in [2.45, 2.75) is 45.1 Å². The maximum Gasteiger partial charge on any atom is 0.131 e. The van der Waals surface area contributed by atoms with Crippen molar-refractivity contribution in [3.05, 3.63) is 29.6 Å². The van der Waals surface area contributed by atoms with Crippen molar-refractivity contribution in [2.24, 2.45) is 17.8 Å². The van der Waals surface area contributed by atoms with Crippen molar-refractivity contribution >= 4 is 0 Å². The first kappa shape index (κ1) is 14.8. The van der Waals surface area contributed by atoms with Crippen LogP contribution in [0.3, 0.4) is 0 Å². The molecule has 0 aromatic heterocycles. The van der Waals surface area contributed by atoms with Crippen molar-refractivity contribution < 1.29 is 9.13 Å². The van der Waals surface area contributed by atoms with E-state index in [0.29, 0.717) is 11.3 Å². The van der Waals surface area contributed by atoms with Gasteiger partial charge in [0.1, 0.15) is 11.6 Å². The van der Waals surface area contributed by atoms with Crippen molar-refractivity contribution in [3.63, 3.8) is 0 Å². The van der Waals surface area contributed by atoms with E-state index in [1.54, 1.807) is 19.2 Å². The molecule has 0 saturated heterocycles. The van der Waals surface area contributed by atoms with Gasteiger partial charge in [0.2, 0.25) is 0 Å². The Balaban J connectivity index is 1.81. The van der Waals surface area contributed by atoms with Crippen molar-refractivity contribution in [3.8, 4) is 5.75 Å². The summed E-state index contributed by atoms with van der Waals surface area (Å²) >= 11 is 0.